The van der Waals surface area contributed by atoms with Crippen LogP contribution in [-0.4, -0.2) is 52.0 Å². The first-order chi connectivity index (χ1) is 15.3. The number of carboxylic acids is 1. The molecule has 3 N–H and O–H groups in total. The van der Waals surface area contributed by atoms with Crippen LogP contribution in [0.3, 0.4) is 0 Å². The van der Waals surface area contributed by atoms with Crippen molar-refractivity contribution in [1.29, 1.82) is 0 Å². The summed E-state index contributed by atoms with van der Waals surface area (Å²) in [5, 5.41) is 23.3. The number of amides is 1. The first kappa shape index (κ1) is 23.2. The number of hydrazine groups is 1. The number of nitrogens with one attached hydrogen (secondary N) is 1. The van der Waals surface area contributed by atoms with E-state index >= 15 is 0 Å². The number of ether oxygens (including phenoxy) is 1. The van der Waals surface area contributed by atoms with Crippen molar-refractivity contribution in [3.63, 3.8) is 0 Å². The summed E-state index contributed by atoms with van der Waals surface area (Å²) in [7, 11) is 1.31. The number of halogens is 2. The van der Waals surface area contributed by atoms with E-state index in [1.54, 1.807) is 30.3 Å². The van der Waals surface area contributed by atoms with Gasteiger partial charge in [-0.05, 0) is 28.4 Å². The third kappa shape index (κ3) is 5.61. The maximum absolute atomic E-state index is 15.0. The number of aliphatic hydroxyl groups excluding tert-OH is 1. The van der Waals surface area contributed by atoms with E-state index in [4.69, 9.17) is 26.0 Å². The van der Waals surface area contributed by atoms with Gasteiger partial charge in [-0.3, -0.25) is 9.80 Å². The predicted octanol–water partition coefficient (Wildman–Crippen LogP) is 3.06. The number of benzene rings is 2. The first-order valence-corrected chi connectivity index (χ1v) is 9.66. The second-order valence-electron chi connectivity index (χ2n) is 6.63. The smallest absolute Gasteiger partial charge is 0.334 e. The lowest BCUT2D eigenvalue weighted by Crippen LogP contribution is -2.49. The van der Waals surface area contributed by atoms with Crippen molar-refractivity contribution < 1.29 is 33.5 Å². The summed E-state index contributed by atoms with van der Waals surface area (Å²) in [6.07, 6.45) is -3.87. The largest absolute Gasteiger partial charge is 0.479 e. The molecule has 0 aliphatic rings. The van der Waals surface area contributed by atoms with E-state index in [0.29, 0.717) is 10.0 Å². The van der Waals surface area contributed by atoms with Crippen LogP contribution in [0.15, 0.2) is 59.1 Å². The van der Waals surface area contributed by atoms with E-state index in [0.717, 1.165) is 17.2 Å². The number of carbonyl (C=O) groups excluding carboxylic acids is 1. The zero-order chi connectivity index (χ0) is 23.3. The number of nitrogens with zero attached hydrogens (tertiary/aromatic N) is 2. The highest BCUT2D eigenvalue weighted by Gasteiger charge is 2.28. The Labute approximate surface area is 186 Å². The highest BCUT2D eigenvalue weighted by Crippen LogP contribution is 2.25. The molecule has 0 saturated carbocycles. The van der Waals surface area contributed by atoms with Crippen LogP contribution in [0.25, 0.3) is 11.1 Å². The van der Waals surface area contributed by atoms with Gasteiger partial charge in [-0.2, -0.15) is 5.43 Å². The van der Waals surface area contributed by atoms with E-state index in [9.17, 15) is 19.1 Å². The van der Waals surface area contributed by atoms with Crippen molar-refractivity contribution >= 4 is 23.5 Å². The second-order valence-corrected chi connectivity index (χ2v) is 7.06. The summed E-state index contributed by atoms with van der Waals surface area (Å²) in [6, 6.07) is 14.7. The molecule has 32 heavy (non-hydrogen) atoms. The SMILES string of the molecule is COc1cc(C(=O)N(CC(O)C(=O)O)N[C@H](F)c2ccc(-c3cccc(Cl)c3)cc2)on1. The molecule has 0 saturated heterocycles. The van der Waals surface area contributed by atoms with Gasteiger partial charge in [0.15, 0.2) is 12.4 Å². The molecule has 3 rings (SSSR count). The van der Waals surface area contributed by atoms with Crippen molar-refractivity contribution in [2.45, 2.75) is 12.4 Å². The lowest BCUT2D eigenvalue weighted by Gasteiger charge is -2.25. The number of hydrogen-bond donors (Lipinski definition) is 3. The molecule has 0 bridgehead atoms. The van der Waals surface area contributed by atoms with Crippen LogP contribution in [0.4, 0.5) is 4.39 Å². The number of carboxylic acid groups (broad SMARTS) is 1. The second kappa shape index (κ2) is 10.2. The van der Waals surface area contributed by atoms with Gasteiger partial charge >= 0.3 is 11.9 Å². The third-order valence-electron chi connectivity index (χ3n) is 4.42. The molecule has 1 unspecified atom stereocenters. The van der Waals surface area contributed by atoms with Crippen LogP contribution in [0.1, 0.15) is 22.4 Å². The van der Waals surface area contributed by atoms with Gasteiger partial charge in [-0.1, -0.05) is 48.0 Å². The number of carbonyl (C=O) groups is 2. The normalized spacial score (nSPS) is 12.8. The molecule has 0 aliphatic carbocycles. The Hall–Kier alpha value is -3.47. The highest BCUT2D eigenvalue weighted by molar-refractivity contribution is 6.30. The Morgan fingerprint density at radius 3 is 2.53 bits per heavy atom. The molecule has 2 aromatic carbocycles. The average Bonchev–Trinajstić information content (AvgIpc) is 3.27. The van der Waals surface area contributed by atoms with Crippen LogP contribution < -0.4 is 10.2 Å². The first-order valence-electron chi connectivity index (χ1n) is 9.28. The Bertz CT molecular complexity index is 1090. The minimum Gasteiger partial charge on any atom is -0.479 e. The Morgan fingerprint density at radius 2 is 1.94 bits per heavy atom. The number of aromatic nitrogens is 1. The van der Waals surface area contributed by atoms with Gasteiger partial charge in [0.25, 0.3) is 5.88 Å². The Kier molecular flexibility index (Phi) is 7.41. The van der Waals surface area contributed by atoms with Crippen molar-refractivity contribution in [3.05, 3.63) is 70.9 Å². The number of alkyl halides is 1. The average molecular weight is 464 g/mol. The summed E-state index contributed by atoms with van der Waals surface area (Å²) in [6.45, 7) is -0.752. The van der Waals surface area contributed by atoms with Crippen LogP contribution in [0.5, 0.6) is 5.88 Å². The maximum Gasteiger partial charge on any atom is 0.334 e. The van der Waals surface area contributed by atoms with Gasteiger partial charge in [0.2, 0.25) is 5.76 Å². The molecular weight excluding hydrogens is 445 g/mol. The van der Waals surface area contributed by atoms with Gasteiger partial charge in [0.05, 0.1) is 19.7 Å². The van der Waals surface area contributed by atoms with Crippen molar-refractivity contribution in [3.8, 4) is 17.0 Å². The summed E-state index contributed by atoms with van der Waals surface area (Å²) < 4.78 is 24.6. The monoisotopic (exact) mass is 463 g/mol. The van der Waals surface area contributed by atoms with Gasteiger partial charge < -0.3 is 19.5 Å². The fourth-order valence-corrected chi connectivity index (χ4v) is 2.95. The number of hydrogen-bond acceptors (Lipinski definition) is 7. The van der Waals surface area contributed by atoms with Gasteiger partial charge in [-0.15, -0.1) is 0 Å². The summed E-state index contributed by atoms with van der Waals surface area (Å²) in [5.74, 6) is -2.86. The van der Waals surface area contributed by atoms with E-state index in [2.05, 4.69) is 10.6 Å². The molecule has 1 heterocycles. The minimum absolute atomic E-state index is 0.000450. The lowest BCUT2D eigenvalue weighted by molar-refractivity contribution is -0.147. The molecular formula is C21H19ClFN3O6. The molecule has 11 heteroatoms. The minimum atomic E-state index is -1.96. The van der Waals surface area contributed by atoms with Crippen molar-refractivity contribution in [1.82, 2.24) is 15.6 Å². The van der Waals surface area contributed by atoms with Gasteiger partial charge in [-0.25, -0.2) is 9.18 Å². The standard InChI is InChI=1S/C21H19ClFN3O6/c1-31-18-10-17(32-25-18)20(28)26(11-16(27)21(29)30)24-19(23)13-7-5-12(6-8-13)14-3-2-4-15(22)9-14/h2-10,16,19,24,27H,11H2,1H3,(H,29,30)/t16?,19-/m0/s1. The lowest BCUT2D eigenvalue weighted by atomic mass is 10.0. The number of methoxy groups -OCH3 is 1. The topological polar surface area (TPSA) is 125 Å². The predicted molar refractivity (Wildman–Crippen MR) is 112 cm³/mol. The molecule has 0 fully saturated rings. The van der Waals surface area contributed by atoms with Crippen LogP contribution in [-0.2, 0) is 4.79 Å². The summed E-state index contributed by atoms with van der Waals surface area (Å²) in [5.41, 5.74) is 4.06. The van der Waals surface area contributed by atoms with Crippen LogP contribution in [0, 0.1) is 0 Å². The number of aliphatic hydroxyl groups is 1. The van der Waals surface area contributed by atoms with E-state index in [1.165, 1.54) is 19.2 Å². The molecule has 0 spiro atoms. The van der Waals surface area contributed by atoms with E-state index in [1.807, 2.05) is 6.07 Å². The van der Waals surface area contributed by atoms with Crippen molar-refractivity contribution in [2.24, 2.45) is 0 Å². The third-order valence-corrected chi connectivity index (χ3v) is 4.66. The van der Waals surface area contributed by atoms with E-state index < -0.39 is 30.8 Å². The molecule has 2 atom stereocenters. The fourth-order valence-electron chi connectivity index (χ4n) is 2.76. The quantitative estimate of drug-likeness (QED) is 0.326. The molecule has 168 valence electrons. The zero-order valence-corrected chi connectivity index (χ0v) is 17.5. The van der Waals surface area contributed by atoms with E-state index in [-0.39, 0.29) is 17.2 Å². The van der Waals surface area contributed by atoms with Gasteiger partial charge in [0.1, 0.15) is 0 Å². The molecule has 9 nitrogen and oxygen atoms in total. The maximum atomic E-state index is 15.0. The highest BCUT2D eigenvalue weighted by atomic mass is 35.5. The Morgan fingerprint density at radius 1 is 1.22 bits per heavy atom. The molecule has 1 amide bonds. The van der Waals surface area contributed by atoms with Gasteiger partial charge in [0, 0.05) is 10.6 Å². The fraction of sp³-hybridized carbons (Fsp3) is 0.190. The van der Waals surface area contributed by atoms with Crippen LogP contribution in [0.2, 0.25) is 5.02 Å². The molecule has 0 aliphatic heterocycles. The molecule has 1 aromatic heterocycles. The van der Waals surface area contributed by atoms with Crippen LogP contribution >= 0.6 is 11.6 Å². The number of rotatable bonds is 9. The molecule has 0 radical (unpaired) electrons. The van der Waals surface area contributed by atoms with Crippen molar-refractivity contribution in [2.75, 3.05) is 13.7 Å². The number of aliphatic carboxylic acids is 1. The molecule has 3 aromatic rings. The summed E-state index contributed by atoms with van der Waals surface area (Å²) in [4.78, 5) is 23.7. The zero-order valence-electron chi connectivity index (χ0n) is 16.7. The Balaban J connectivity index is 1.78. The summed E-state index contributed by atoms with van der Waals surface area (Å²) >= 11 is 6.00.